The van der Waals surface area contributed by atoms with Crippen LogP contribution in [0.15, 0.2) is 53.3 Å². The molecule has 0 spiro atoms. The van der Waals surface area contributed by atoms with E-state index in [4.69, 9.17) is 4.74 Å². The highest BCUT2D eigenvalue weighted by Gasteiger charge is 2.65. The van der Waals surface area contributed by atoms with Crippen LogP contribution in [0, 0.1) is 0 Å². The van der Waals surface area contributed by atoms with Crippen molar-refractivity contribution in [1.82, 2.24) is 19.8 Å². The number of aliphatic hydroxyl groups is 6. The topological polar surface area (TPSA) is 218 Å². The summed E-state index contributed by atoms with van der Waals surface area (Å²) in [5, 5.41) is 68.5. The molecule has 5 heterocycles. The first-order chi connectivity index (χ1) is 21.3. The van der Waals surface area contributed by atoms with Crippen LogP contribution in [0.25, 0.3) is 10.9 Å². The second-order valence-electron chi connectivity index (χ2n) is 12.3. The van der Waals surface area contributed by atoms with Gasteiger partial charge in [0.1, 0.15) is 48.5 Å². The highest BCUT2D eigenvalue weighted by Crippen LogP contribution is 2.53. The average Bonchev–Trinajstić information content (AvgIpc) is 3.42. The minimum Gasteiger partial charge on any atom is -0.394 e. The standard InChI is InChI=1S/C30H33N5O10/c1-13-24(41)35-17-10-6-4-8-15(17)30(44,28(35)33(13)26-22(39)21(38)20(37)19(12-36)45-26)11-18-23(40)32-29(2,43)27-31-16-9-5-3-7-14(16)25(42)34(18)27/h3-10,13,18-22,26,28,36-39,43-44H,11-12H2,1-2H3,(H,32,40). The maximum Gasteiger partial charge on any atom is 0.262 e. The summed E-state index contributed by atoms with van der Waals surface area (Å²) in [4.78, 5) is 48.6. The molecule has 2 amide bonds. The smallest absolute Gasteiger partial charge is 0.262 e. The van der Waals surface area contributed by atoms with Gasteiger partial charge in [0.2, 0.25) is 11.8 Å². The number of hydrogen-bond acceptors (Lipinski definition) is 12. The molecule has 15 nitrogen and oxygen atoms in total. The average molecular weight is 624 g/mol. The summed E-state index contributed by atoms with van der Waals surface area (Å²) in [7, 11) is 0. The van der Waals surface area contributed by atoms with E-state index >= 15 is 0 Å². The molecule has 1 aromatic heterocycles. The third kappa shape index (κ3) is 4.06. The largest absolute Gasteiger partial charge is 0.394 e. The number of rotatable bonds is 4. The number of ether oxygens (including phenoxy) is 1. The normalized spacial score (nSPS) is 37.8. The Morgan fingerprint density at radius 1 is 0.978 bits per heavy atom. The van der Waals surface area contributed by atoms with Gasteiger partial charge in [0.05, 0.1) is 29.2 Å². The zero-order valence-electron chi connectivity index (χ0n) is 24.3. The number of para-hydroxylation sites is 2. The third-order valence-electron chi connectivity index (χ3n) is 9.52. The van der Waals surface area contributed by atoms with Crippen LogP contribution in [0.4, 0.5) is 5.69 Å². The van der Waals surface area contributed by atoms with E-state index in [1.165, 1.54) is 29.7 Å². The zero-order chi connectivity index (χ0) is 32.2. The third-order valence-corrected chi connectivity index (χ3v) is 9.52. The Kier molecular flexibility index (Phi) is 6.71. The van der Waals surface area contributed by atoms with E-state index in [0.29, 0.717) is 11.2 Å². The number of carbonyl (C=O) groups excluding carboxylic acids is 2. The molecule has 7 rings (SSSR count). The Labute approximate surface area is 255 Å². The van der Waals surface area contributed by atoms with Crippen molar-refractivity contribution in [2.24, 2.45) is 0 Å². The fourth-order valence-corrected chi connectivity index (χ4v) is 7.35. The van der Waals surface area contributed by atoms with Crippen LogP contribution in [0.5, 0.6) is 0 Å². The molecule has 4 aliphatic rings. The van der Waals surface area contributed by atoms with Crippen LogP contribution < -0.4 is 15.8 Å². The summed E-state index contributed by atoms with van der Waals surface area (Å²) in [6, 6.07) is 10.5. The summed E-state index contributed by atoms with van der Waals surface area (Å²) in [6.07, 6.45) is -9.79. The molecule has 10 unspecified atom stereocenters. The lowest BCUT2D eigenvalue weighted by atomic mass is 9.84. The number of amides is 2. The van der Waals surface area contributed by atoms with Gasteiger partial charge >= 0.3 is 0 Å². The second kappa shape index (κ2) is 10.1. The fraction of sp³-hybridized carbons (Fsp3) is 0.467. The molecule has 0 saturated carbocycles. The lowest BCUT2D eigenvalue weighted by molar-refractivity contribution is -0.277. The quantitative estimate of drug-likeness (QED) is 0.163. The summed E-state index contributed by atoms with van der Waals surface area (Å²) >= 11 is 0. The molecule has 45 heavy (non-hydrogen) atoms. The molecule has 238 valence electrons. The zero-order valence-corrected chi connectivity index (χ0v) is 24.3. The van der Waals surface area contributed by atoms with Crippen LogP contribution in [-0.2, 0) is 25.7 Å². The predicted molar refractivity (Wildman–Crippen MR) is 154 cm³/mol. The first-order valence-corrected chi connectivity index (χ1v) is 14.6. The van der Waals surface area contributed by atoms with Crippen molar-refractivity contribution in [3.63, 3.8) is 0 Å². The van der Waals surface area contributed by atoms with Crippen molar-refractivity contribution < 1.29 is 45.0 Å². The van der Waals surface area contributed by atoms with Gasteiger partial charge in [-0.25, -0.2) is 9.88 Å². The molecule has 0 bridgehead atoms. The van der Waals surface area contributed by atoms with Crippen molar-refractivity contribution in [2.75, 3.05) is 11.5 Å². The van der Waals surface area contributed by atoms with Gasteiger partial charge in [-0.05, 0) is 32.0 Å². The molecule has 4 aliphatic heterocycles. The van der Waals surface area contributed by atoms with Crippen LogP contribution in [0.3, 0.4) is 0 Å². The molecule has 2 fully saturated rings. The molecule has 7 N–H and O–H groups in total. The summed E-state index contributed by atoms with van der Waals surface area (Å²) in [5.41, 5.74) is -3.89. The van der Waals surface area contributed by atoms with Gasteiger partial charge in [0.25, 0.3) is 5.56 Å². The van der Waals surface area contributed by atoms with Crippen molar-refractivity contribution in [1.29, 1.82) is 0 Å². The van der Waals surface area contributed by atoms with Gasteiger partial charge in [-0.15, -0.1) is 0 Å². The van der Waals surface area contributed by atoms with E-state index in [-0.39, 0.29) is 16.8 Å². The molecule has 2 saturated heterocycles. The van der Waals surface area contributed by atoms with Gasteiger partial charge in [0, 0.05) is 12.0 Å². The number of aliphatic hydroxyl groups excluding tert-OH is 4. The number of nitrogens with one attached hydrogen (secondary N) is 1. The number of hydrogen-bond donors (Lipinski definition) is 7. The Hall–Kier alpha value is -3.80. The summed E-state index contributed by atoms with van der Waals surface area (Å²) in [6.45, 7) is 2.10. The molecule has 10 atom stereocenters. The highest BCUT2D eigenvalue weighted by atomic mass is 16.6. The van der Waals surface area contributed by atoms with E-state index in [1.807, 2.05) is 0 Å². The maximum absolute atomic E-state index is 13.9. The Bertz CT molecular complexity index is 1780. The van der Waals surface area contributed by atoms with Gasteiger partial charge in [-0.2, -0.15) is 0 Å². The molecule has 3 aromatic rings. The first-order valence-electron chi connectivity index (χ1n) is 14.6. The van der Waals surface area contributed by atoms with Gasteiger partial charge in [0.15, 0.2) is 11.5 Å². The molecular formula is C30H33N5O10. The molecule has 0 radical (unpaired) electrons. The summed E-state index contributed by atoms with van der Waals surface area (Å²) < 4.78 is 6.90. The lowest BCUT2D eigenvalue weighted by Crippen LogP contribution is -2.67. The Morgan fingerprint density at radius 3 is 2.40 bits per heavy atom. The molecular weight excluding hydrogens is 590 g/mol. The number of carbonyl (C=O) groups is 2. The van der Waals surface area contributed by atoms with Crippen molar-refractivity contribution >= 4 is 28.4 Å². The van der Waals surface area contributed by atoms with Crippen LogP contribution >= 0.6 is 0 Å². The molecule has 2 aromatic carbocycles. The SMILES string of the molecule is CC1C(=O)N2c3ccccc3C(O)(CC3C(=O)NC(C)(O)c4nc5ccccc5c(=O)n43)C2N1C1OC(CO)C(O)C(O)C1O. The van der Waals surface area contributed by atoms with Gasteiger partial charge < -0.3 is 40.7 Å². The van der Waals surface area contributed by atoms with E-state index in [9.17, 15) is 45.0 Å². The van der Waals surface area contributed by atoms with Crippen molar-refractivity contribution in [2.45, 2.75) is 80.5 Å². The van der Waals surface area contributed by atoms with Crippen LogP contribution in [0.2, 0.25) is 0 Å². The van der Waals surface area contributed by atoms with Gasteiger partial charge in [-0.1, -0.05) is 30.3 Å². The first kappa shape index (κ1) is 29.9. The minimum absolute atomic E-state index is 0.149. The van der Waals surface area contributed by atoms with Gasteiger partial charge in [-0.3, -0.25) is 23.9 Å². The minimum atomic E-state index is -2.11. The number of benzene rings is 2. The molecule has 15 heteroatoms. The molecule has 0 aliphatic carbocycles. The van der Waals surface area contributed by atoms with Crippen molar-refractivity contribution in [3.05, 3.63) is 70.3 Å². The number of aromatic nitrogens is 2. The predicted octanol–water partition coefficient (Wildman–Crippen LogP) is -2.31. The van der Waals surface area contributed by atoms with Crippen LogP contribution in [0.1, 0.15) is 37.7 Å². The summed E-state index contributed by atoms with van der Waals surface area (Å²) in [5.74, 6) is -1.42. The Balaban J connectivity index is 1.39. The van der Waals surface area contributed by atoms with Crippen molar-refractivity contribution in [3.8, 4) is 0 Å². The monoisotopic (exact) mass is 623 g/mol. The number of fused-ring (bicyclic) bond motifs is 5. The van der Waals surface area contributed by atoms with E-state index in [1.54, 1.807) is 42.5 Å². The second-order valence-corrected chi connectivity index (χ2v) is 12.3. The maximum atomic E-state index is 13.9. The Morgan fingerprint density at radius 2 is 1.67 bits per heavy atom. The lowest BCUT2D eigenvalue weighted by Gasteiger charge is -2.48. The number of anilines is 1. The van der Waals surface area contributed by atoms with E-state index in [0.717, 1.165) is 4.57 Å². The van der Waals surface area contributed by atoms with E-state index in [2.05, 4.69) is 10.3 Å². The van der Waals surface area contributed by atoms with E-state index < -0.39 is 90.6 Å². The van der Waals surface area contributed by atoms with Crippen LogP contribution in [-0.4, -0.2) is 106 Å². The highest BCUT2D eigenvalue weighted by molar-refractivity contribution is 6.02. The fourth-order valence-electron chi connectivity index (χ4n) is 7.35. The number of nitrogens with zero attached hydrogens (tertiary/aromatic N) is 4.